The average Bonchev–Trinajstić information content (AvgIpc) is 3.80. The number of rotatable bonds is 6. The molecule has 2 heterocycles. The fraction of sp³-hybridized carbons (Fsp3) is 0.185. The Morgan fingerprint density at radius 3 is 2.25 bits per heavy atom. The Hall–Kier alpha value is -6.12. The second-order valence-electron chi connectivity index (χ2n) is 16.3. The number of benzene rings is 4. The third-order valence-corrected chi connectivity index (χ3v) is 13.2. The zero-order valence-corrected chi connectivity index (χ0v) is 31.7. The summed E-state index contributed by atoms with van der Waals surface area (Å²) < 4.78 is 2.55. The van der Waals surface area contributed by atoms with E-state index in [1.807, 2.05) is 0 Å². The molecule has 0 spiro atoms. The lowest BCUT2D eigenvalue weighted by atomic mass is 9.76. The predicted molar refractivity (Wildman–Crippen MR) is 235 cm³/mol. The summed E-state index contributed by atoms with van der Waals surface area (Å²) in [5.41, 5.74) is 15.0. The summed E-state index contributed by atoms with van der Waals surface area (Å²) in [4.78, 5) is 2.68. The number of fused-ring (bicyclic) bond motifs is 6. The van der Waals surface area contributed by atoms with Crippen molar-refractivity contribution in [3.63, 3.8) is 0 Å². The van der Waals surface area contributed by atoms with Crippen molar-refractivity contribution in [1.29, 1.82) is 0 Å². The Morgan fingerprint density at radius 2 is 1.41 bits per heavy atom. The largest absolute Gasteiger partial charge is 0.333 e. The van der Waals surface area contributed by atoms with Crippen LogP contribution in [0.15, 0.2) is 199 Å². The molecule has 2 nitrogen and oxygen atoms in total. The van der Waals surface area contributed by atoms with Gasteiger partial charge < -0.3 is 9.47 Å². The van der Waals surface area contributed by atoms with Crippen LogP contribution in [0.2, 0.25) is 0 Å². The molecule has 0 bridgehead atoms. The Labute approximate surface area is 330 Å². The first-order valence-corrected chi connectivity index (χ1v) is 20.6. The van der Waals surface area contributed by atoms with E-state index >= 15 is 0 Å². The number of allylic oxidation sites excluding steroid dienone is 14. The van der Waals surface area contributed by atoms with Crippen molar-refractivity contribution in [3.05, 3.63) is 227 Å². The lowest BCUT2D eigenvalue weighted by Gasteiger charge is -2.38. The third kappa shape index (κ3) is 5.62. The molecule has 0 fully saturated rings. The second kappa shape index (κ2) is 13.9. The average molecular weight is 723 g/mol. The van der Waals surface area contributed by atoms with E-state index in [0.29, 0.717) is 29.6 Å². The Kier molecular flexibility index (Phi) is 8.23. The van der Waals surface area contributed by atoms with E-state index in [0.717, 1.165) is 25.7 Å². The Balaban J connectivity index is 0.971. The molecule has 0 saturated heterocycles. The third-order valence-electron chi connectivity index (χ3n) is 13.2. The van der Waals surface area contributed by atoms with Gasteiger partial charge in [0.2, 0.25) is 0 Å². The van der Waals surface area contributed by atoms with Crippen LogP contribution in [0.3, 0.4) is 0 Å². The van der Waals surface area contributed by atoms with Crippen molar-refractivity contribution in [2.75, 3.05) is 4.90 Å². The number of anilines is 1. The first-order chi connectivity index (χ1) is 27.8. The van der Waals surface area contributed by atoms with Crippen molar-refractivity contribution in [2.24, 2.45) is 17.8 Å². The van der Waals surface area contributed by atoms with E-state index in [1.165, 1.54) is 67.1 Å². The van der Waals surface area contributed by atoms with E-state index in [1.54, 1.807) is 0 Å². The van der Waals surface area contributed by atoms with Crippen molar-refractivity contribution in [3.8, 4) is 0 Å². The molecule has 0 radical (unpaired) electrons. The lowest BCUT2D eigenvalue weighted by molar-refractivity contribution is 0.474. The van der Waals surface area contributed by atoms with Crippen molar-refractivity contribution >= 4 is 33.9 Å². The zero-order valence-electron chi connectivity index (χ0n) is 31.7. The van der Waals surface area contributed by atoms with Gasteiger partial charge in [-0.05, 0) is 101 Å². The van der Waals surface area contributed by atoms with Gasteiger partial charge in [0.25, 0.3) is 0 Å². The summed E-state index contributed by atoms with van der Waals surface area (Å²) in [6, 6.07) is 40.5. The monoisotopic (exact) mass is 722 g/mol. The van der Waals surface area contributed by atoms with Crippen LogP contribution < -0.4 is 4.90 Å². The minimum Gasteiger partial charge on any atom is -0.333 e. The summed E-state index contributed by atoms with van der Waals surface area (Å²) in [5, 5.41) is 1.36. The number of para-hydroxylation sites is 2. The van der Waals surface area contributed by atoms with Crippen LogP contribution in [0.5, 0.6) is 0 Å². The minimum atomic E-state index is 0.246. The van der Waals surface area contributed by atoms with E-state index in [2.05, 4.69) is 204 Å². The molecule has 6 atom stereocenters. The molecular weight excluding hydrogens is 677 g/mol. The van der Waals surface area contributed by atoms with Crippen LogP contribution >= 0.6 is 0 Å². The van der Waals surface area contributed by atoms with Crippen molar-refractivity contribution in [2.45, 2.75) is 43.6 Å². The summed E-state index contributed by atoms with van der Waals surface area (Å²) >= 11 is 0. The normalized spacial score (nSPS) is 26.0. The summed E-state index contributed by atoms with van der Waals surface area (Å²) in [6.07, 6.45) is 37.9. The fourth-order valence-corrected chi connectivity index (χ4v) is 10.5. The Bertz CT molecular complexity index is 2620. The van der Waals surface area contributed by atoms with Gasteiger partial charge in [0.15, 0.2) is 0 Å². The molecule has 4 aromatic carbocycles. The summed E-state index contributed by atoms with van der Waals surface area (Å²) in [7, 11) is 0. The molecule has 272 valence electrons. The van der Waals surface area contributed by atoms with Crippen LogP contribution in [0.1, 0.15) is 59.0 Å². The van der Waals surface area contributed by atoms with E-state index in [9.17, 15) is 0 Å². The van der Waals surface area contributed by atoms with Gasteiger partial charge in [-0.15, -0.1) is 0 Å². The predicted octanol–water partition coefficient (Wildman–Crippen LogP) is 13.0. The van der Waals surface area contributed by atoms with E-state index in [4.69, 9.17) is 0 Å². The number of aromatic nitrogens is 1. The highest BCUT2D eigenvalue weighted by Gasteiger charge is 2.44. The lowest BCUT2D eigenvalue weighted by Crippen LogP contribution is -2.38. The molecule has 0 saturated carbocycles. The molecule has 5 aromatic rings. The standard InChI is InChI=1S/C54H46N2/c1-4-15-37(16-5-1)40-27-30-44(31-28-40)56-52-26-13-10-21-47(52)49-24-14-23-46(54(49)56)41-29-32-53-50(36-41)48-22-11-12-25-51(48)55(53)45-34-42(38-17-6-2-7-18-38)33-43(35-45)39-19-8-3-9-20-39/h1-15,17-27,29-32,34-35,37,40-42,49,54H,16,28,33,36H2. The molecule has 2 heteroatoms. The highest BCUT2D eigenvalue weighted by Crippen LogP contribution is 2.52. The van der Waals surface area contributed by atoms with Crippen LogP contribution in [0, 0.1) is 17.8 Å². The molecule has 5 aliphatic carbocycles. The molecule has 56 heavy (non-hydrogen) atoms. The van der Waals surface area contributed by atoms with Gasteiger partial charge in [0.1, 0.15) is 0 Å². The molecule has 6 aliphatic rings. The smallest absolute Gasteiger partial charge is 0.0664 e. The first kappa shape index (κ1) is 33.2. The van der Waals surface area contributed by atoms with Crippen LogP contribution in [0.25, 0.3) is 28.2 Å². The van der Waals surface area contributed by atoms with Crippen molar-refractivity contribution in [1.82, 2.24) is 4.57 Å². The first-order valence-electron chi connectivity index (χ1n) is 20.6. The highest BCUT2D eigenvalue weighted by molar-refractivity contribution is 5.95. The van der Waals surface area contributed by atoms with Gasteiger partial charge in [0.05, 0.1) is 11.6 Å². The molecular formula is C54H46N2. The highest BCUT2D eigenvalue weighted by atomic mass is 15.2. The maximum atomic E-state index is 2.68. The molecule has 6 unspecified atom stereocenters. The SMILES string of the molecule is C1=CCC(C2C=CC(N3c4ccccc4C4C=CC=C(C5C=Cc6c(c7ccccc7n6C6=CC(c7ccccc7)CC(c7ccccc7)=C6)C5)C43)=CC2)C=C1. The molecule has 0 N–H and O–H groups in total. The van der Waals surface area contributed by atoms with Gasteiger partial charge >= 0.3 is 0 Å². The fourth-order valence-electron chi connectivity index (χ4n) is 10.5. The van der Waals surface area contributed by atoms with Gasteiger partial charge in [-0.25, -0.2) is 0 Å². The maximum Gasteiger partial charge on any atom is 0.0664 e. The van der Waals surface area contributed by atoms with Gasteiger partial charge in [0, 0.05) is 45.9 Å². The molecule has 1 aromatic heterocycles. The van der Waals surface area contributed by atoms with Crippen LogP contribution in [0.4, 0.5) is 5.69 Å². The van der Waals surface area contributed by atoms with Crippen molar-refractivity contribution < 1.29 is 0 Å². The number of hydrogen-bond acceptors (Lipinski definition) is 1. The van der Waals surface area contributed by atoms with E-state index in [-0.39, 0.29) is 6.04 Å². The summed E-state index contributed by atoms with van der Waals surface area (Å²) in [6.45, 7) is 0. The maximum absolute atomic E-state index is 2.68. The minimum absolute atomic E-state index is 0.246. The molecule has 0 amide bonds. The van der Waals surface area contributed by atoms with Crippen LogP contribution in [-0.4, -0.2) is 10.6 Å². The summed E-state index contributed by atoms with van der Waals surface area (Å²) in [5.74, 6) is 2.05. The molecule has 1 aliphatic heterocycles. The molecule has 11 rings (SSSR count). The quantitative estimate of drug-likeness (QED) is 0.169. The van der Waals surface area contributed by atoms with E-state index < -0.39 is 0 Å². The van der Waals surface area contributed by atoms with Gasteiger partial charge in [-0.3, -0.25) is 0 Å². The van der Waals surface area contributed by atoms with Crippen LogP contribution in [-0.2, 0) is 6.42 Å². The number of nitrogens with zero attached hydrogens (tertiary/aromatic N) is 2. The van der Waals surface area contributed by atoms with Gasteiger partial charge in [-0.1, -0.05) is 164 Å². The topological polar surface area (TPSA) is 8.17 Å². The Morgan fingerprint density at radius 1 is 0.607 bits per heavy atom. The zero-order chi connectivity index (χ0) is 37.0. The number of hydrogen-bond donors (Lipinski definition) is 0. The second-order valence-corrected chi connectivity index (χ2v) is 16.3. The van der Waals surface area contributed by atoms with Gasteiger partial charge in [-0.2, -0.15) is 0 Å².